The Hall–Kier alpha value is -1.67. The molecule has 6 saturated carbocycles. The minimum Gasteiger partial charge on any atom is -0.365 e. The van der Waals surface area contributed by atoms with Gasteiger partial charge < -0.3 is 20.1 Å². The molecule has 12 aliphatic rings. The molecule has 0 radical (unpaired) electrons. The van der Waals surface area contributed by atoms with Gasteiger partial charge in [-0.15, -0.1) is 0 Å². The lowest BCUT2D eigenvalue weighted by Gasteiger charge is -2.52. The SMILES string of the molecule is C.CC1=C2C(=O)[C@H]3[C@@H](CC[C@@H]4CC(=O)CC[C@@]43C)[C@@H]2CC[C@]12O[C@@H]1C[C@H](C)CN[C@H]1[C@H]2C.CC1=C2C[C@H]3[C@@H](CC[C@@H]4CC(=O)CC[C@@]43C)[C@@H]2CC[C@]12O[C@@H]1C[C@H](C)CN[C@H]1[C@H]2C. The van der Waals surface area contributed by atoms with E-state index in [-0.39, 0.29) is 36.1 Å². The van der Waals surface area contributed by atoms with E-state index in [1.54, 1.807) is 11.1 Å². The van der Waals surface area contributed by atoms with Gasteiger partial charge in [0.25, 0.3) is 0 Å². The quantitative estimate of drug-likeness (QED) is 0.235. The fraction of sp³-hybridized carbons (Fsp3) is 0.873. The fourth-order valence-electron chi connectivity index (χ4n) is 18.8. The third kappa shape index (κ3) is 6.17. The maximum atomic E-state index is 14.1. The minimum absolute atomic E-state index is 0. The Morgan fingerprint density at radius 3 is 1.71 bits per heavy atom. The summed E-state index contributed by atoms with van der Waals surface area (Å²) in [5, 5.41) is 7.63. The second-order valence-electron chi connectivity index (χ2n) is 24.7. The van der Waals surface area contributed by atoms with Crippen molar-refractivity contribution in [2.24, 2.45) is 81.8 Å². The van der Waals surface area contributed by atoms with Crippen LogP contribution < -0.4 is 10.6 Å². The molecule has 0 aromatic heterocycles. The molecule has 7 heteroatoms. The number of carbonyl (C=O) groups is 3. The van der Waals surface area contributed by atoms with Crippen LogP contribution in [0.4, 0.5) is 0 Å². The number of rotatable bonds is 0. The smallest absolute Gasteiger partial charge is 0.163 e. The van der Waals surface area contributed by atoms with Crippen LogP contribution in [0.15, 0.2) is 22.3 Å². The third-order valence-corrected chi connectivity index (χ3v) is 22.3. The molecular formula is C55H84N2O5. The van der Waals surface area contributed by atoms with E-state index < -0.39 is 0 Å². The van der Waals surface area contributed by atoms with E-state index in [0.29, 0.717) is 95.2 Å². The number of ketones is 3. The Labute approximate surface area is 375 Å². The molecule has 0 bridgehead atoms. The number of hydrogen-bond acceptors (Lipinski definition) is 7. The first-order valence-electron chi connectivity index (χ1n) is 25.9. The highest BCUT2D eigenvalue weighted by Gasteiger charge is 2.65. The Morgan fingerprint density at radius 1 is 0.597 bits per heavy atom. The van der Waals surface area contributed by atoms with Crippen LogP contribution in [0.3, 0.4) is 0 Å². The molecule has 4 heterocycles. The van der Waals surface area contributed by atoms with Crippen molar-refractivity contribution < 1.29 is 23.9 Å². The summed E-state index contributed by atoms with van der Waals surface area (Å²) in [5.74, 6) is 8.25. The van der Waals surface area contributed by atoms with Crippen LogP contribution in [0, 0.1) is 81.8 Å². The highest BCUT2D eigenvalue weighted by Crippen LogP contribution is 2.67. The monoisotopic (exact) mass is 853 g/mol. The van der Waals surface area contributed by atoms with Gasteiger partial charge in [-0.2, -0.15) is 0 Å². The van der Waals surface area contributed by atoms with E-state index in [0.717, 1.165) is 100 Å². The summed E-state index contributed by atoms with van der Waals surface area (Å²) in [6.07, 6.45) is 19.0. The lowest BCUT2D eigenvalue weighted by atomic mass is 9.52. The van der Waals surface area contributed by atoms with E-state index in [4.69, 9.17) is 9.47 Å². The zero-order valence-corrected chi connectivity index (χ0v) is 39.2. The number of hydrogen-bond donors (Lipinski definition) is 2. The van der Waals surface area contributed by atoms with Crippen molar-refractivity contribution in [2.75, 3.05) is 13.1 Å². The lowest BCUT2D eigenvalue weighted by Crippen LogP contribution is -2.49. The molecule has 7 nitrogen and oxygen atoms in total. The van der Waals surface area contributed by atoms with Crippen molar-refractivity contribution in [2.45, 2.75) is 207 Å². The predicted octanol–water partition coefficient (Wildman–Crippen LogP) is 10.4. The highest BCUT2D eigenvalue weighted by molar-refractivity contribution is 6.02. The van der Waals surface area contributed by atoms with E-state index in [1.165, 1.54) is 44.1 Å². The van der Waals surface area contributed by atoms with Gasteiger partial charge in [0, 0.05) is 61.1 Å². The van der Waals surface area contributed by atoms with Gasteiger partial charge in [0.2, 0.25) is 0 Å². The molecule has 0 aromatic rings. The van der Waals surface area contributed by atoms with Crippen molar-refractivity contribution >= 4 is 17.3 Å². The van der Waals surface area contributed by atoms with Crippen LogP contribution >= 0.6 is 0 Å². The molecule has 8 aliphatic carbocycles. The Balaban J connectivity index is 0.000000146. The number of nitrogens with one attached hydrogen (secondary N) is 2. The van der Waals surface area contributed by atoms with Gasteiger partial charge in [0.1, 0.15) is 11.6 Å². The molecule has 2 spiro atoms. The summed E-state index contributed by atoms with van der Waals surface area (Å²) in [7, 11) is 0. The normalized spacial score (nSPS) is 53.7. The van der Waals surface area contributed by atoms with E-state index in [9.17, 15) is 14.4 Å². The molecule has 10 fully saturated rings. The number of carbonyl (C=O) groups excluding carboxylic acids is 3. The van der Waals surface area contributed by atoms with Crippen molar-refractivity contribution in [1.82, 2.24) is 10.6 Å². The molecule has 2 N–H and O–H groups in total. The Bertz CT molecular complexity index is 1920. The van der Waals surface area contributed by atoms with Gasteiger partial charge in [-0.1, -0.05) is 54.5 Å². The molecule has 12 rings (SSSR count). The maximum Gasteiger partial charge on any atom is 0.163 e. The molecule has 0 aromatic carbocycles. The Kier molecular flexibility index (Phi) is 11.0. The van der Waals surface area contributed by atoms with Crippen LogP contribution in [0.25, 0.3) is 0 Å². The summed E-state index contributed by atoms with van der Waals surface area (Å²) >= 11 is 0. The zero-order chi connectivity index (χ0) is 42.5. The van der Waals surface area contributed by atoms with Crippen molar-refractivity contribution in [3.63, 3.8) is 0 Å². The van der Waals surface area contributed by atoms with Gasteiger partial charge in [0.05, 0.1) is 23.4 Å². The summed E-state index contributed by atoms with van der Waals surface area (Å²) < 4.78 is 14.0. The first-order valence-corrected chi connectivity index (χ1v) is 25.9. The van der Waals surface area contributed by atoms with E-state index in [1.807, 2.05) is 0 Å². The number of allylic oxidation sites excluding steroid dienone is 2. The maximum absolute atomic E-state index is 14.1. The van der Waals surface area contributed by atoms with Gasteiger partial charge in [-0.05, 0) is 186 Å². The molecule has 344 valence electrons. The van der Waals surface area contributed by atoms with Gasteiger partial charge in [-0.3, -0.25) is 14.4 Å². The Morgan fingerprint density at radius 2 is 1.11 bits per heavy atom. The van der Waals surface area contributed by atoms with Crippen LogP contribution in [-0.2, 0) is 23.9 Å². The molecular weight excluding hydrogens is 769 g/mol. The van der Waals surface area contributed by atoms with Crippen LogP contribution in [0.1, 0.15) is 172 Å². The summed E-state index contributed by atoms with van der Waals surface area (Å²) in [6, 6.07) is 0.941. The van der Waals surface area contributed by atoms with E-state index >= 15 is 0 Å². The fourth-order valence-corrected chi connectivity index (χ4v) is 18.8. The predicted molar refractivity (Wildman–Crippen MR) is 245 cm³/mol. The van der Waals surface area contributed by atoms with Crippen LogP contribution in [-0.4, -0.2) is 65.9 Å². The number of Topliss-reactive ketones (excluding diaryl/α,β-unsaturated/α-hetero) is 3. The number of piperidine rings is 2. The van der Waals surface area contributed by atoms with Crippen molar-refractivity contribution in [1.29, 1.82) is 0 Å². The van der Waals surface area contributed by atoms with Gasteiger partial charge in [0.15, 0.2) is 5.78 Å². The first-order chi connectivity index (χ1) is 29.1. The second-order valence-corrected chi connectivity index (χ2v) is 24.7. The molecule has 62 heavy (non-hydrogen) atoms. The second kappa shape index (κ2) is 15.4. The van der Waals surface area contributed by atoms with Crippen molar-refractivity contribution in [3.05, 3.63) is 22.3 Å². The average molecular weight is 853 g/mol. The van der Waals surface area contributed by atoms with E-state index in [2.05, 4.69) is 66.0 Å². The summed E-state index contributed by atoms with van der Waals surface area (Å²) in [4.78, 5) is 38.5. The summed E-state index contributed by atoms with van der Waals surface area (Å²) in [6.45, 7) is 21.3. The minimum atomic E-state index is -0.260. The van der Waals surface area contributed by atoms with Gasteiger partial charge in [-0.25, -0.2) is 0 Å². The molecule has 0 unspecified atom stereocenters. The molecule has 4 aliphatic heterocycles. The molecule has 4 saturated heterocycles. The van der Waals surface area contributed by atoms with Crippen LogP contribution in [0.2, 0.25) is 0 Å². The zero-order valence-electron chi connectivity index (χ0n) is 39.2. The largest absolute Gasteiger partial charge is 0.365 e. The lowest BCUT2D eigenvalue weighted by molar-refractivity contribution is -0.138. The van der Waals surface area contributed by atoms with Crippen molar-refractivity contribution in [3.8, 4) is 0 Å². The first kappa shape index (κ1) is 44.2. The average Bonchev–Trinajstić information content (AvgIpc) is 3.93. The van der Waals surface area contributed by atoms with Crippen LogP contribution in [0.5, 0.6) is 0 Å². The van der Waals surface area contributed by atoms with Gasteiger partial charge >= 0.3 is 0 Å². The summed E-state index contributed by atoms with van der Waals surface area (Å²) in [5.41, 5.74) is 5.95. The third-order valence-electron chi connectivity index (χ3n) is 22.3. The number of fused-ring (bicyclic) bond motifs is 12. The standard InChI is InChI=1S/C27H39NO3.C27H41NO2.CH4/c1-14-11-21-24(28-13-14)16(3)27(31-21)10-8-19-20-6-5-17-12-18(29)7-9-26(17,4)23(20)25(30)22(19)15(27)2;1-15-11-24-25(28-14-15)17(3)27(30-24)10-8-20-21-6-5-18-12-19(29)7-9-26(18,4)23(21)13-22(20)16(27)2;/h14,16-17,19-21,23-24,28H,5-13H2,1-4H3;15,17-18,20-21,23-25,28H,5-14H2,1-4H3;1H4/t14-,16+,17+,19-,20-,21+,23+,24-,26-,27-;15-,17+,18+,20-,21-,23-,24+,25-,26-,27-;/m00./s1. The molecule has 0 amide bonds. The molecule has 20 atom stereocenters. The topological polar surface area (TPSA) is 93.7 Å². The number of ether oxygens (including phenoxy) is 2. The highest BCUT2D eigenvalue weighted by atomic mass is 16.5.